The van der Waals surface area contributed by atoms with Gasteiger partial charge in [-0.05, 0) is 71.8 Å². The Morgan fingerprint density at radius 3 is 1.63 bits per heavy atom. The zero-order valence-corrected chi connectivity index (χ0v) is 31.2. The number of hydrogen-bond acceptors (Lipinski definition) is 5. The molecule has 12 aromatic rings. The van der Waals surface area contributed by atoms with E-state index in [0.717, 1.165) is 55.4 Å². The van der Waals surface area contributed by atoms with Crippen molar-refractivity contribution in [3.63, 3.8) is 0 Å². The van der Waals surface area contributed by atoms with Gasteiger partial charge in [-0.15, -0.1) is 11.3 Å². The molecule has 0 aliphatic carbocycles. The third-order valence-electron chi connectivity index (χ3n) is 11.1. The first-order valence-electron chi connectivity index (χ1n) is 19.0. The molecule has 57 heavy (non-hydrogen) atoms. The minimum Gasteiger partial charge on any atom is -0.456 e. The summed E-state index contributed by atoms with van der Waals surface area (Å²) in [7, 11) is 0. The molecular weight excluding hydrogens is 717 g/mol. The first kappa shape index (κ1) is 31.9. The van der Waals surface area contributed by atoms with Crippen LogP contribution in [0.4, 0.5) is 0 Å². The number of nitrogens with zero attached hydrogens (tertiary/aromatic N) is 4. The van der Waals surface area contributed by atoms with Crippen LogP contribution in [0.3, 0.4) is 0 Å². The Bertz CT molecular complexity index is 3420. The standard InChI is InChI=1S/C51H30N4OS/c1-3-12-31(13-4-1)49-52-50(32-14-5-2-6-15-32)54-51(53-49)38-18-11-21-45-48(38)41-29-33(22-25-44(41)56-45)34-23-26-46-39(28-34)40-30-35(24-27-47(40)57-46)55-42-19-9-7-16-36(42)37-17-8-10-20-43(37)55/h1-30H. The van der Waals surface area contributed by atoms with Gasteiger partial charge in [0.05, 0.1) is 11.0 Å². The van der Waals surface area contributed by atoms with Gasteiger partial charge in [0.1, 0.15) is 11.2 Å². The molecule has 0 amide bonds. The molecular formula is C51H30N4OS. The molecule has 266 valence electrons. The van der Waals surface area contributed by atoms with Gasteiger partial charge in [-0.3, -0.25) is 0 Å². The van der Waals surface area contributed by atoms with Gasteiger partial charge in [-0.2, -0.15) is 0 Å². The lowest BCUT2D eigenvalue weighted by molar-refractivity contribution is 0.669. The highest BCUT2D eigenvalue weighted by Gasteiger charge is 2.19. The Kier molecular flexibility index (Phi) is 7.03. The maximum atomic E-state index is 6.49. The first-order chi connectivity index (χ1) is 28.2. The Morgan fingerprint density at radius 1 is 0.386 bits per heavy atom. The third-order valence-corrected chi connectivity index (χ3v) is 12.2. The van der Waals surface area contributed by atoms with Gasteiger partial charge in [0, 0.05) is 64.1 Å². The summed E-state index contributed by atoms with van der Waals surface area (Å²) in [6.07, 6.45) is 0. The molecule has 12 rings (SSSR count). The minimum absolute atomic E-state index is 0.603. The van der Waals surface area contributed by atoms with Gasteiger partial charge in [-0.25, -0.2) is 15.0 Å². The van der Waals surface area contributed by atoms with Crippen molar-refractivity contribution in [3.8, 4) is 51.0 Å². The molecule has 0 spiro atoms. The molecule has 5 nitrogen and oxygen atoms in total. The van der Waals surface area contributed by atoms with Crippen molar-refractivity contribution >= 4 is 75.3 Å². The van der Waals surface area contributed by atoms with Crippen LogP contribution in [0.25, 0.3) is 115 Å². The maximum absolute atomic E-state index is 6.49. The number of aromatic nitrogens is 4. The van der Waals surface area contributed by atoms with Crippen LogP contribution in [0.1, 0.15) is 0 Å². The summed E-state index contributed by atoms with van der Waals surface area (Å²) < 4.78 is 11.4. The van der Waals surface area contributed by atoms with Crippen molar-refractivity contribution < 1.29 is 4.42 Å². The summed E-state index contributed by atoms with van der Waals surface area (Å²) in [5, 5.41) is 7.03. The van der Waals surface area contributed by atoms with Crippen molar-refractivity contribution in [2.24, 2.45) is 0 Å². The maximum Gasteiger partial charge on any atom is 0.164 e. The van der Waals surface area contributed by atoms with E-state index in [1.165, 1.54) is 42.0 Å². The largest absolute Gasteiger partial charge is 0.456 e. The first-order valence-corrected chi connectivity index (χ1v) is 19.8. The Balaban J connectivity index is 1.01. The fourth-order valence-corrected chi connectivity index (χ4v) is 9.47. The SMILES string of the molecule is c1ccc(-c2nc(-c3ccccc3)nc(-c3cccc4oc5ccc(-c6ccc7sc8ccc(-n9c%10ccccc%10c%10ccccc%109)cc8c7c6)cc5c34)n2)cc1. The summed E-state index contributed by atoms with van der Waals surface area (Å²) in [6, 6.07) is 63.9. The molecule has 0 aliphatic heterocycles. The van der Waals surface area contributed by atoms with Gasteiger partial charge in [-0.1, -0.05) is 121 Å². The number of thiophene rings is 1. The number of benzene rings is 8. The van der Waals surface area contributed by atoms with Crippen LogP contribution in [-0.4, -0.2) is 19.5 Å². The van der Waals surface area contributed by atoms with E-state index in [2.05, 4.69) is 114 Å². The van der Waals surface area contributed by atoms with E-state index in [1.807, 2.05) is 84.1 Å². The molecule has 0 fully saturated rings. The molecule has 0 bridgehead atoms. The van der Waals surface area contributed by atoms with Crippen molar-refractivity contribution in [2.45, 2.75) is 0 Å². The number of furan rings is 1. The van der Waals surface area contributed by atoms with Crippen LogP contribution in [0.15, 0.2) is 186 Å². The van der Waals surface area contributed by atoms with Crippen LogP contribution < -0.4 is 0 Å². The molecule has 0 saturated heterocycles. The van der Waals surface area contributed by atoms with Crippen LogP contribution in [-0.2, 0) is 0 Å². The van der Waals surface area contributed by atoms with E-state index < -0.39 is 0 Å². The van der Waals surface area contributed by atoms with Crippen molar-refractivity contribution in [1.82, 2.24) is 19.5 Å². The quantitative estimate of drug-likeness (QED) is 0.176. The highest BCUT2D eigenvalue weighted by molar-refractivity contribution is 7.25. The monoisotopic (exact) mass is 746 g/mol. The van der Waals surface area contributed by atoms with Crippen LogP contribution >= 0.6 is 11.3 Å². The molecule has 0 saturated carbocycles. The Labute approximate surface area is 330 Å². The predicted molar refractivity (Wildman–Crippen MR) is 236 cm³/mol. The Hall–Kier alpha value is -7.41. The minimum atomic E-state index is 0.603. The van der Waals surface area contributed by atoms with Gasteiger partial charge in [0.15, 0.2) is 17.5 Å². The third kappa shape index (κ3) is 5.12. The molecule has 0 unspecified atom stereocenters. The van der Waals surface area contributed by atoms with Crippen LogP contribution in [0, 0.1) is 0 Å². The summed E-state index contributed by atoms with van der Waals surface area (Å²) >= 11 is 1.84. The van der Waals surface area contributed by atoms with E-state index in [-0.39, 0.29) is 0 Å². The number of hydrogen-bond donors (Lipinski definition) is 0. The molecule has 4 heterocycles. The smallest absolute Gasteiger partial charge is 0.164 e. The zero-order chi connectivity index (χ0) is 37.5. The highest BCUT2D eigenvalue weighted by atomic mass is 32.1. The average Bonchev–Trinajstić information content (AvgIpc) is 3.95. The molecule has 8 aromatic carbocycles. The van der Waals surface area contributed by atoms with Crippen molar-refractivity contribution in [2.75, 3.05) is 0 Å². The van der Waals surface area contributed by atoms with Gasteiger partial charge in [0.25, 0.3) is 0 Å². The van der Waals surface area contributed by atoms with E-state index in [0.29, 0.717) is 17.5 Å². The molecule has 4 aromatic heterocycles. The van der Waals surface area contributed by atoms with Gasteiger partial charge < -0.3 is 8.98 Å². The second-order valence-electron chi connectivity index (χ2n) is 14.4. The second kappa shape index (κ2) is 12.6. The normalized spacial score (nSPS) is 11.9. The summed E-state index contributed by atoms with van der Waals surface area (Å²) in [4.78, 5) is 15.1. The topological polar surface area (TPSA) is 56.7 Å². The van der Waals surface area contributed by atoms with E-state index in [1.54, 1.807) is 0 Å². The molecule has 0 aliphatic rings. The summed E-state index contributed by atoms with van der Waals surface area (Å²) in [6.45, 7) is 0. The molecule has 0 N–H and O–H groups in total. The molecule has 0 atom stereocenters. The van der Waals surface area contributed by atoms with Gasteiger partial charge in [0.2, 0.25) is 0 Å². The molecule has 6 heteroatoms. The lowest BCUT2D eigenvalue weighted by Gasteiger charge is -2.09. The zero-order valence-electron chi connectivity index (χ0n) is 30.4. The summed E-state index contributed by atoms with van der Waals surface area (Å²) in [5.74, 6) is 1.86. The fraction of sp³-hybridized carbons (Fsp3) is 0. The molecule has 0 radical (unpaired) electrons. The van der Waals surface area contributed by atoms with Crippen LogP contribution in [0.2, 0.25) is 0 Å². The van der Waals surface area contributed by atoms with Crippen molar-refractivity contribution in [1.29, 1.82) is 0 Å². The van der Waals surface area contributed by atoms with Crippen LogP contribution in [0.5, 0.6) is 0 Å². The Morgan fingerprint density at radius 2 is 0.947 bits per heavy atom. The van der Waals surface area contributed by atoms with Gasteiger partial charge >= 0.3 is 0 Å². The number of fused-ring (bicyclic) bond motifs is 9. The lowest BCUT2D eigenvalue weighted by atomic mass is 9.99. The second-order valence-corrected chi connectivity index (χ2v) is 15.5. The van der Waals surface area contributed by atoms with E-state index in [4.69, 9.17) is 19.4 Å². The average molecular weight is 747 g/mol. The fourth-order valence-electron chi connectivity index (χ4n) is 8.41. The number of para-hydroxylation sites is 2. The highest BCUT2D eigenvalue weighted by Crippen LogP contribution is 2.42. The summed E-state index contributed by atoms with van der Waals surface area (Å²) in [5.41, 5.74) is 10.2. The van der Waals surface area contributed by atoms with E-state index >= 15 is 0 Å². The van der Waals surface area contributed by atoms with E-state index in [9.17, 15) is 0 Å². The lowest BCUT2D eigenvalue weighted by Crippen LogP contribution is -2.00. The van der Waals surface area contributed by atoms with Crippen molar-refractivity contribution in [3.05, 3.63) is 182 Å². The number of rotatable bonds is 5. The predicted octanol–water partition coefficient (Wildman–Crippen LogP) is 13.9.